The van der Waals surface area contributed by atoms with Crippen LogP contribution in [0, 0.1) is 0 Å². The second-order valence-electron chi connectivity index (χ2n) is 6.31. The minimum atomic E-state index is -0.495. The predicted octanol–water partition coefficient (Wildman–Crippen LogP) is 4.52. The second-order valence-corrected chi connectivity index (χ2v) is 6.31. The first-order valence-corrected chi connectivity index (χ1v) is 7.96. The molecule has 1 aromatic heterocycles. The van der Waals surface area contributed by atoms with Crippen LogP contribution in [0.1, 0.15) is 38.8 Å². The van der Waals surface area contributed by atoms with Crippen molar-refractivity contribution in [1.29, 1.82) is 0 Å². The fraction of sp³-hybridized carbons (Fsp3) is 0.350. The standard InChI is InChI=1S/C20H24O4/c1-12(2)6-8-14-15(9-7-13(3)4)19(23-5)18(22)20-16(14)10-11-17(21)24-20/h6-7,10-11,22H,8-9H2,1-5H3. The summed E-state index contributed by atoms with van der Waals surface area (Å²) in [7, 11) is 1.51. The number of ether oxygens (including phenoxy) is 1. The average Bonchev–Trinajstić information content (AvgIpc) is 2.52. The molecule has 0 aliphatic rings. The van der Waals surface area contributed by atoms with Crippen molar-refractivity contribution in [3.05, 3.63) is 57.0 Å². The zero-order chi connectivity index (χ0) is 17.9. The Morgan fingerprint density at radius 1 is 1.08 bits per heavy atom. The second kappa shape index (κ2) is 7.39. The summed E-state index contributed by atoms with van der Waals surface area (Å²) < 4.78 is 10.7. The van der Waals surface area contributed by atoms with Crippen molar-refractivity contribution in [2.45, 2.75) is 40.5 Å². The highest BCUT2D eigenvalue weighted by atomic mass is 16.5. The lowest BCUT2D eigenvalue weighted by Crippen LogP contribution is -2.03. The van der Waals surface area contributed by atoms with E-state index in [4.69, 9.17) is 9.15 Å². The van der Waals surface area contributed by atoms with E-state index in [0.29, 0.717) is 18.6 Å². The maximum Gasteiger partial charge on any atom is 0.336 e. The predicted molar refractivity (Wildman–Crippen MR) is 97.0 cm³/mol. The molecule has 0 amide bonds. The van der Waals surface area contributed by atoms with Crippen molar-refractivity contribution in [3.8, 4) is 11.5 Å². The summed E-state index contributed by atoms with van der Waals surface area (Å²) in [5.74, 6) is 0.245. The van der Waals surface area contributed by atoms with Crippen LogP contribution in [-0.2, 0) is 12.8 Å². The topological polar surface area (TPSA) is 59.7 Å². The molecule has 0 radical (unpaired) electrons. The Kier molecular flexibility index (Phi) is 5.50. The summed E-state index contributed by atoms with van der Waals surface area (Å²) in [6.45, 7) is 8.13. The molecule has 4 heteroatoms. The van der Waals surface area contributed by atoms with Gasteiger partial charge in [0.1, 0.15) is 0 Å². The van der Waals surface area contributed by atoms with Gasteiger partial charge in [0.2, 0.25) is 5.75 Å². The minimum Gasteiger partial charge on any atom is -0.502 e. The Hall–Kier alpha value is -2.49. The van der Waals surface area contributed by atoms with E-state index in [1.165, 1.54) is 24.3 Å². The Balaban J connectivity index is 2.85. The van der Waals surface area contributed by atoms with Crippen LogP contribution in [0.4, 0.5) is 0 Å². The van der Waals surface area contributed by atoms with Gasteiger partial charge in [0.15, 0.2) is 11.3 Å². The van der Waals surface area contributed by atoms with Crippen LogP contribution in [0.3, 0.4) is 0 Å². The summed E-state index contributed by atoms with van der Waals surface area (Å²) in [5.41, 5.74) is 3.98. The molecule has 0 spiro atoms. The first-order chi connectivity index (χ1) is 11.3. The number of phenolic OH excluding ortho intramolecular Hbond substituents is 1. The minimum absolute atomic E-state index is 0.122. The Bertz CT molecular complexity index is 861. The summed E-state index contributed by atoms with van der Waals surface area (Å²) in [4.78, 5) is 11.6. The Morgan fingerprint density at radius 2 is 1.67 bits per heavy atom. The van der Waals surface area contributed by atoms with Gasteiger partial charge in [-0.1, -0.05) is 23.3 Å². The van der Waals surface area contributed by atoms with E-state index in [1.807, 2.05) is 27.7 Å². The zero-order valence-corrected chi connectivity index (χ0v) is 14.9. The van der Waals surface area contributed by atoms with Gasteiger partial charge in [0, 0.05) is 17.0 Å². The molecular weight excluding hydrogens is 304 g/mol. The molecule has 0 bridgehead atoms. The van der Waals surface area contributed by atoms with Crippen molar-refractivity contribution in [2.24, 2.45) is 0 Å². The molecule has 1 N–H and O–H groups in total. The van der Waals surface area contributed by atoms with Crippen LogP contribution in [0.2, 0.25) is 0 Å². The molecule has 0 aliphatic heterocycles. The van der Waals surface area contributed by atoms with Crippen molar-refractivity contribution in [3.63, 3.8) is 0 Å². The SMILES string of the molecule is COc1c(CC=C(C)C)c(CC=C(C)C)c2ccc(=O)oc2c1O. The van der Waals surface area contributed by atoms with Gasteiger partial charge < -0.3 is 14.3 Å². The number of hydrogen-bond donors (Lipinski definition) is 1. The van der Waals surface area contributed by atoms with Gasteiger partial charge in [-0.15, -0.1) is 0 Å². The number of rotatable bonds is 5. The lowest BCUT2D eigenvalue weighted by molar-refractivity contribution is 0.366. The lowest BCUT2D eigenvalue weighted by atomic mass is 9.94. The molecule has 0 fully saturated rings. The van der Waals surface area contributed by atoms with Crippen LogP contribution < -0.4 is 10.4 Å². The third-order valence-corrected chi connectivity index (χ3v) is 3.86. The molecule has 1 heterocycles. The van der Waals surface area contributed by atoms with Gasteiger partial charge in [-0.3, -0.25) is 0 Å². The molecule has 24 heavy (non-hydrogen) atoms. The fourth-order valence-electron chi connectivity index (χ4n) is 2.66. The van der Waals surface area contributed by atoms with Crippen LogP contribution >= 0.6 is 0 Å². The van der Waals surface area contributed by atoms with Crippen molar-refractivity contribution < 1.29 is 14.3 Å². The molecule has 0 unspecified atom stereocenters. The summed E-state index contributed by atoms with van der Waals surface area (Å²) in [6.07, 6.45) is 5.52. The molecule has 0 aliphatic carbocycles. The van der Waals surface area contributed by atoms with Gasteiger partial charge in [0.05, 0.1) is 7.11 Å². The third-order valence-electron chi connectivity index (χ3n) is 3.86. The van der Waals surface area contributed by atoms with Gasteiger partial charge in [-0.25, -0.2) is 4.79 Å². The quantitative estimate of drug-likeness (QED) is 0.647. The number of phenols is 1. The summed E-state index contributed by atoms with van der Waals surface area (Å²) in [6, 6.07) is 3.09. The normalized spacial score (nSPS) is 10.5. The maximum atomic E-state index is 11.6. The van der Waals surface area contributed by atoms with Crippen LogP contribution in [0.15, 0.2) is 44.6 Å². The number of hydrogen-bond acceptors (Lipinski definition) is 4. The van der Waals surface area contributed by atoms with E-state index in [-0.39, 0.29) is 11.3 Å². The Labute approximate surface area is 142 Å². The summed E-state index contributed by atoms with van der Waals surface area (Å²) >= 11 is 0. The van der Waals surface area contributed by atoms with Crippen LogP contribution in [0.5, 0.6) is 11.5 Å². The van der Waals surface area contributed by atoms with Crippen molar-refractivity contribution >= 4 is 11.0 Å². The summed E-state index contributed by atoms with van der Waals surface area (Å²) in [5, 5.41) is 11.3. The van der Waals surface area contributed by atoms with Crippen LogP contribution in [-0.4, -0.2) is 12.2 Å². The molecule has 4 nitrogen and oxygen atoms in total. The highest BCUT2D eigenvalue weighted by molar-refractivity contribution is 5.90. The highest BCUT2D eigenvalue weighted by Crippen LogP contribution is 2.41. The monoisotopic (exact) mass is 328 g/mol. The van der Waals surface area contributed by atoms with E-state index in [2.05, 4.69) is 12.2 Å². The number of fused-ring (bicyclic) bond motifs is 1. The fourth-order valence-corrected chi connectivity index (χ4v) is 2.66. The molecule has 1 aromatic carbocycles. The molecule has 128 valence electrons. The zero-order valence-electron chi connectivity index (χ0n) is 14.9. The van der Waals surface area contributed by atoms with Crippen molar-refractivity contribution in [2.75, 3.05) is 7.11 Å². The molecule has 0 saturated heterocycles. The first kappa shape index (κ1) is 17.9. The van der Waals surface area contributed by atoms with Gasteiger partial charge >= 0.3 is 5.63 Å². The van der Waals surface area contributed by atoms with E-state index in [9.17, 15) is 9.90 Å². The molecule has 2 aromatic rings. The number of allylic oxidation sites excluding steroid dienone is 4. The maximum absolute atomic E-state index is 11.6. The molecule has 0 atom stereocenters. The Morgan fingerprint density at radius 3 is 2.21 bits per heavy atom. The smallest absolute Gasteiger partial charge is 0.336 e. The number of aromatic hydroxyl groups is 1. The van der Waals surface area contributed by atoms with Gasteiger partial charge in [0.25, 0.3) is 0 Å². The highest BCUT2D eigenvalue weighted by Gasteiger charge is 2.20. The molecular formula is C20H24O4. The van der Waals surface area contributed by atoms with E-state index in [0.717, 1.165) is 16.5 Å². The average molecular weight is 328 g/mol. The van der Waals surface area contributed by atoms with Gasteiger partial charge in [-0.2, -0.15) is 0 Å². The van der Waals surface area contributed by atoms with E-state index in [1.54, 1.807) is 6.07 Å². The lowest BCUT2D eigenvalue weighted by Gasteiger charge is -2.17. The van der Waals surface area contributed by atoms with Crippen LogP contribution in [0.25, 0.3) is 11.0 Å². The van der Waals surface area contributed by atoms with E-state index < -0.39 is 5.63 Å². The molecule has 0 saturated carbocycles. The van der Waals surface area contributed by atoms with Gasteiger partial charge in [-0.05, 0) is 52.2 Å². The number of benzene rings is 1. The molecule has 2 rings (SSSR count). The largest absolute Gasteiger partial charge is 0.502 e. The third kappa shape index (κ3) is 3.70. The van der Waals surface area contributed by atoms with Crippen molar-refractivity contribution in [1.82, 2.24) is 0 Å². The van der Waals surface area contributed by atoms with E-state index >= 15 is 0 Å². The first-order valence-electron chi connectivity index (χ1n) is 7.96. The number of methoxy groups -OCH3 is 1.